The van der Waals surface area contributed by atoms with Crippen LogP contribution in [0.1, 0.15) is 201 Å². The van der Waals surface area contributed by atoms with E-state index >= 15 is 0 Å². The SMILES string of the molecule is CCCCCCCC[Si](CCCCCCCC)(CCCCCCCC)CCCCCCCCCCCCOC(=O)/C=C\C(=O)O. The van der Waals surface area contributed by atoms with Crippen LogP contribution in [0.3, 0.4) is 0 Å². The average molecular weight is 651 g/mol. The lowest BCUT2D eigenvalue weighted by molar-refractivity contribution is -0.138. The van der Waals surface area contributed by atoms with Gasteiger partial charge in [-0.2, -0.15) is 0 Å². The summed E-state index contributed by atoms with van der Waals surface area (Å²) in [4.78, 5) is 21.8. The van der Waals surface area contributed by atoms with E-state index in [2.05, 4.69) is 20.8 Å². The van der Waals surface area contributed by atoms with Gasteiger partial charge < -0.3 is 9.84 Å². The first kappa shape index (κ1) is 43.9. The van der Waals surface area contributed by atoms with Gasteiger partial charge in [-0.1, -0.05) is 218 Å². The molecule has 0 bridgehead atoms. The normalized spacial score (nSPS) is 11.9. The zero-order valence-corrected chi connectivity index (χ0v) is 31.7. The number of carboxylic acids is 1. The van der Waals surface area contributed by atoms with E-state index in [1.165, 1.54) is 167 Å². The van der Waals surface area contributed by atoms with E-state index in [9.17, 15) is 9.59 Å². The molecular formula is C40H78O4Si. The van der Waals surface area contributed by atoms with Crippen molar-refractivity contribution in [1.29, 1.82) is 0 Å². The molecule has 0 aromatic heterocycles. The summed E-state index contributed by atoms with van der Waals surface area (Å²) in [5.41, 5.74) is 0. The highest BCUT2D eigenvalue weighted by Crippen LogP contribution is 2.35. The number of ether oxygens (including phenoxy) is 1. The van der Waals surface area contributed by atoms with Crippen molar-refractivity contribution < 1.29 is 19.4 Å². The second-order valence-electron chi connectivity index (χ2n) is 14.2. The largest absolute Gasteiger partial charge is 0.478 e. The summed E-state index contributed by atoms with van der Waals surface area (Å²) in [6.07, 6.45) is 40.6. The van der Waals surface area contributed by atoms with Crippen molar-refractivity contribution >= 4 is 20.0 Å². The number of hydrogen-bond acceptors (Lipinski definition) is 3. The van der Waals surface area contributed by atoms with Crippen LogP contribution in [0.15, 0.2) is 12.2 Å². The molecule has 266 valence electrons. The number of carboxylic acid groups (broad SMARTS) is 1. The first-order valence-corrected chi connectivity index (χ1v) is 22.9. The number of unbranched alkanes of at least 4 members (excludes halogenated alkanes) is 24. The highest BCUT2D eigenvalue weighted by molar-refractivity contribution is 6.79. The van der Waals surface area contributed by atoms with Gasteiger partial charge in [0.15, 0.2) is 0 Å². The number of esters is 1. The van der Waals surface area contributed by atoms with E-state index in [1.807, 2.05) is 0 Å². The van der Waals surface area contributed by atoms with E-state index in [0.717, 1.165) is 25.0 Å². The molecule has 0 atom stereocenters. The van der Waals surface area contributed by atoms with Crippen LogP contribution >= 0.6 is 0 Å². The third-order valence-corrected chi connectivity index (χ3v) is 15.5. The summed E-state index contributed by atoms with van der Waals surface area (Å²) in [6, 6.07) is 6.49. The van der Waals surface area contributed by atoms with E-state index in [4.69, 9.17) is 9.84 Å². The molecule has 0 aromatic carbocycles. The molecular weight excluding hydrogens is 573 g/mol. The molecule has 0 aliphatic carbocycles. The molecule has 0 spiro atoms. The minimum atomic E-state index is -1.18. The van der Waals surface area contributed by atoms with Crippen LogP contribution in [0.25, 0.3) is 0 Å². The third-order valence-electron chi connectivity index (χ3n) is 9.89. The lowest BCUT2D eigenvalue weighted by atomic mass is 10.1. The van der Waals surface area contributed by atoms with E-state index in [1.54, 1.807) is 24.2 Å². The molecule has 1 N–H and O–H groups in total. The summed E-state index contributed by atoms with van der Waals surface area (Å²) in [5, 5.41) is 8.54. The Morgan fingerprint density at radius 1 is 0.444 bits per heavy atom. The number of carbonyl (C=O) groups is 2. The lowest BCUT2D eigenvalue weighted by Crippen LogP contribution is -2.34. The fraction of sp³-hybridized carbons (Fsp3) is 0.900. The lowest BCUT2D eigenvalue weighted by Gasteiger charge is -2.33. The minimum absolute atomic E-state index is 0.379. The molecule has 0 fully saturated rings. The number of carbonyl (C=O) groups excluding carboxylic acids is 1. The van der Waals surface area contributed by atoms with Crippen molar-refractivity contribution in [2.45, 2.75) is 225 Å². The Morgan fingerprint density at radius 3 is 1.04 bits per heavy atom. The summed E-state index contributed by atoms with van der Waals surface area (Å²) >= 11 is 0. The van der Waals surface area contributed by atoms with Gasteiger partial charge in [0.25, 0.3) is 0 Å². The Labute approximate surface area is 282 Å². The molecule has 0 radical (unpaired) electrons. The van der Waals surface area contributed by atoms with Crippen LogP contribution in [0.2, 0.25) is 24.2 Å². The average Bonchev–Trinajstić information content (AvgIpc) is 3.03. The van der Waals surface area contributed by atoms with Crippen LogP contribution in [0.4, 0.5) is 0 Å². The van der Waals surface area contributed by atoms with Gasteiger partial charge in [-0.05, 0) is 6.42 Å². The van der Waals surface area contributed by atoms with E-state index < -0.39 is 20.0 Å². The smallest absolute Gasteiger partial charge is 0.331 e. The summed E-state index contributed by atoms with van der Waals surface area (Å²) in [5.74, 6) is -1.69. The van der Waals surface area contributed by atoms with Crippen LogP contribution in [-0.4, -0.2) is 31.7 Å². The van der Waals surface area contributed by atoms with E-state index in [0.29, 0.717) is 6.61 Å². The summed E-state index contributed by atoms with van der Waals surface area (Å²) < 4.78 is 5.04. The molecule has 45 heavy (non-hydrogen) atoms. The monoisotopic (exact) mass is 651 g/mol. The molecule has 0 aliphatic heterocycles. The molecule has 5 heteroatoms. The zero-order valence-electron chi connectivity index (χ0n) is 30.7. The van der Waals surface area contributed by atoms with Gasteiger partial charge in [0.05, 0.1) is 14.7 Å². The van der Waals surface area contributed by atoms with Crippen molar-refractivity contribution in [3.63, 3.8) is 0 Å². The first-order chi connectivity index (χ1) is 22.0. The Kier molecular flexibility index (Phi) is 33.4. The van der Waals surface area contributed by atoms with Gasteiger partial charge in [0.1, 0.15) is 0 Å². The highest BCUT2D eigenvalue weighted by atomic mass is 28.3. The van der Waals surface area contributed by atoms with Gasteiger partial charge in [0, 0.05) is 12.2 Å². The van der Waals surface area contributed by atoms with E-state index in [-0.39, 0.29) is 0 Å². The van der Waals surface area contributed by atoms with Crippen molar-refractivity contribution in [3.05, 3.63) is 12.2 Å². The van der Waals surface area contributed by atoms with Crippen molar-refractivity contribution in [2.75, 3.05) is 6.61 Å². The van der Waals surface area contributed by atoms with Gasteiger partial charge in [-0.25, -0.2) is 9.59 Å². The van der Waals surface area contributed by atoms with Crippen LogP contribution < -0.4 is 0 Å². The predicted molar refractivity (Wildman–Crippen MR) is 199 cm³/mol. The van der Waals surface area contributed by atoms with Gasteiger partial charge in [-0.3, -0.25) is 0 Å². The predicted octanol–water partition coefficient (Wildman–Crippen LogP) is 13.6. The fourth-order valence-corrected chi connectivity index (χ4v) is 12.5. The Balaban J connectivity index is 4.48. The molecule has 0 unspecified atom stereocenters. The number of rotatable bonds is 36. The molecule has 4 nitrogen and oxygen atoms in total. The third kappa shape index (κ3) is 31.3. The molecule has 0 aliphatic rings. The van der Waals surface area contributed by atoms with Crippen LogP contribution in [0, 0.1) is 0 Å². The maximum absolute atomic E-state index is 11.4. The zero-order chi connectivity index (χ0) is 33.1. The van der Waals surface area contributed by atoms with Gasteiger partial charge in [-0.15, -0.1) is 0 Å². The van der Waals surface area contributed by atoms with Crippen LogP contribution in [-0.2, 0) is 14.3 Å². The Hall–Kier alpha value is -1.10. The fourth-order valence-electron chi connectivity index (χ4n) is 6.97. The number of aliphatic carboxylic acids is 1. The first-order valence-electron chi connectivity index (χ1n) is 20.1. The molecule has 0 aromatic rings. The molecule has 0 amide bonds. The topological polar surface area (TPSA) is 63.6 Å². The highest BCUT2D eigenvalue weighted by Gasteiger charge is 2.30. The standard InChI is InChI=1S/C40H78O4Si/c1-4-7-10-13-23-28-35-45(36-29-24-14-11-8-5-2,37-30-25-15-12-9-6-3)38-31-26-21-19-17-16-18-20-22-27-34-44-40(43)33-32-39(41)42/h32-33H,4-31,34-38H2,1-3H3,(H,41,42)/b33-32-. The van der Waals surface area contributed by atoms with Crippen molar-refractivity contribution in [1.82, 2.24) is 0 Å². The maximum Gasteiger partial charge on any atom is 0.331 e. The summed E-state index contributed by atoms with van der Waals surface area (Å²) in [6.45, 7) is 7.37. The van der Waals surface area contributed by atoms with Gasteiger partial charge >= 0.3 is 11.9 Å². The van der Waals surface area contributed by atoms with Crippen molar-refractivity contribution in [2.24, 2.45) is 0 Å². The van der Waals surface area contributed by atoms with Gasteiger partial charge in [0.2, 0.25) is 0 Å². The maximum atomic E-state index is 11.4. The minimum Gasteiger partial charge on any atom is -0.478 e. The van der Waals surface area contributed by atoms with Crippen LogP contribution in [0.5, 0.6) is 0 Å². The molecule has 0 saturated heterocycles. The summed E-state index contributed by atoms with van der Waals surface area (Å²) in [7, 11) is -1.18. The molecule has 0 rings (SSSR count). The van der Waals surface area contributed by atoms with Crippen molar-refractivity contribution in [3.8, 4) is 0 Å². The number of hydrogen-bond donors (Lipinski definition) is 1. The second-order valence-corrected chi connectivity index (χ2v) is 19.2. The molecule has 0 saturated carbocycles. The second kappa shape index (κ2) is 34.2. The quantitative estimate of drug-likeness (QED) is 0.0317. The Bertz CT molecular complexity index is 636. The Morgan fingerprint density at radius 2 is 0.733 bits per heavy atom. The molecule has 0 heterocycles.